The molecule has 0 atom stereocenters. The first-order valence-corrected chi connectivity index (χ1v) is 9.98. The smallest absolute Gasteiger partial charge is 0.206 e. The molecule has 0 aromatic carbocycles. The Hall–Kier alpha value is -1.07. The molecular weight excluding hydrogens is 366 g/mol. The molecular formula is C11H10ClN5O2S3. The van der Waals surface area contributed by atoms with Crippen LogP contribution in [-0.4, -0.2) is 28.2 Å². The Balaban J connectivity index is 1.54. The summed E-state index contributed by atoms with van der Waals surface area (Å²) in [6.45, 7) is 0.121. The van der Waals surface area contributed by atoms with E-state index in [1.54, 1.807) is 10.6 Å². The maximum atomic E-state index is 12.1. The zero-order valence-corrected chi connectivity index (χ0v) is 14.3. The number of hydrogen-bond donors (Lipinski definition) is 1. The van der Waals surface area contributed by atoms with Crippen molar-refractivity contribution in [3.63, 3.8) is 0 Å². The van der Waals surface area contributed by atoms with Crippen molar-refractivity contribution in [1.29, 1.82) is 0 Å². The predicted octanol–water partition coefficient (Wildman–Crippen LogP) is 2.26. The molecule has 0 amide bonds. The molecule has 0 saturated heterocycles. The van der Waals surface area contributed by atoms with Gasteiger partial charge in [0.2, 0.25) is 15.0 Å². The summed E-state index contributed by atoms with van der Waals surface area (Å²) in [5.74, 6) is 1.31. The highest BCUT2D eigenvalue weighted by atomic mass is 35.5. The molecule has 1 aliphatic rings. The summed E-state index contributed by atoms with van der Waals surface area (Å²) in [6, 6.07) is 3.05. The quantitative estimate of drug-likeness (QED) is 0.738. The van der Waals surface area contributed by atoms with Gasteiger partial charge in [-0.1, -0.05) is 22.9 Å². The topological polar surface area (TPSA) is 89.2 Å². The van der Waals surface area contributed by atoms with Crippen molar-refractivity contribution in [2.45, 2.75) is 29.5 Å². The summed E-state index contributed by atoms with van der Waals surface area (Å²) in [4.78, 5) is 0.690. The number of halogens is 1. The van der Waals surface area contributed by atoms with Gasteiger partial charge in [-0.3, -0.25) is 0 Å². The lowest BCUT2D eigenvalue weighted by Gasteiger charge is -2.01. The van der Waals surface area contributed by atoms with Crippen LogP contribution in [0.15, 0.2) is 16.3 Å². The molecule has 3 heterocycles. The Morgan fingerprint density at radius 2 is 2.14 bits per heavy atom. The van der Waals surface area contributed by atoms with E-state index < -0.39 is 10.0 Å². The molecule has 3 aromatic heterocycles. The number of hydrogen-bond acceptors (Lipinski definition) is 7. The maximum Gasteiger partial charge on any atom is 0.250 e. The maximum absolute atomic E-state index is 12.1. The van der Waals surface area contributed by atoms with E-state index in [1.807, 2.05) is 0 Å². The van der Waals surface area contributed by atoms with Crippen molar-refractivity contribution in [3.8, 4) is 0 Å². The molecule has 1 N–H and O–H groups in total. The van der Waals surface area contributed by atoms with Crippen molar-refractivity contribution in [3.05, 3.63) is 27.3 Å². The third kappa shape index (κ3) is 2.65. The van der Waals surface area contributed by atoms with Crippen molar-refractivity contribution in [1.82, 2.24) is 24.5 Å². The molecule has 4 rings (SSSR count). The van der Waals surface area contributed by atoms with Crippen molar-refractivity contribution < 1.29 is 8.42 Å². The van der Waals surface area contributed by atoms with Gasteiger partial charge in [-0.25, -0.2) is 13.1 Å². The summed E-state index contributed by atoms with van der Waals surface area (Å²) in [5.41, 5.74) is 0. The second kappa shape index (κ2) is 5.24. The normalized spacial score (nSPS) is 15.7. The number of nitrogens with one attached hydrogen (secondary N) is 1. The summed E-state index contributed by atoms with van der Waals surface area (Å²) < 4.78 is 29.2. The number of nitrogens with zero attached hydrogens (tertiary/aromatic N) is 4. The van der Waals surface area contributed by atoms with E-state index in [0.717, 1.165) is 30.0 Å². The largest absolute Gasteiger partial charge is 0.250 e. The molecule has 3 aromatic rings. The minimum atomic E-state index is -3.57. The van der Waals surface area contributed by atoms with E-state index in [0.29, 0.717) is 20.2 Å². The Bertz CT molecular complexity index is 940. The molecule has 0 unspecified atom stereocenters. The van der Waals surface area contributed by atoms with Gasteiger partial charge in [0.15, 0.2) is 5.82 Å². The molecule has 22 heavy (non-hydrogen) atoms. The predicted molar refractivity (Wildman–Crippen MR) is 84.0 cm³/mol. The third-order valence-electron chi connectivity index (χ3n) is 3.23. The highest BCUT2D eigenvalue weighted by molar-refractivity contribution is 7.91. The Morgan fingerprint density at radius 1 is 1.32 bits per heavy atom. The first-order chi connectivity index (χ1) is 10.5. The molecule has 11 heteroatoms. The first-order valence-electron chi connectivity index (χ1n) is 6.49. The molecule has 0 radical (unpaired) electrons. The minimum Gasteiger partial charge on any atom is -0.206 e. The average molecular weight is 376 g/mol. The molecule has 0 aliphatic heterocycles. The van der Waals surface area contributed by atoms with Crippen LogP contribution in [0.3, 0.4) is 0 Å². The van der Waals surface area contributed by atoms with E-state index in [4.69, 9.17) is 11.6 Å². The lowest BCUT2D eigenvalue weighted by atomic mass is 10.4. The molecule has 1 aliphatic carbocycles. The number of fused-ring (bicyclic) bond motifs is 1. The van der Waals surface area contributed by atoms with Gasteiger partial charge in [0.25, 0.3) is 0 Å². The van der Waals surface area contributed by atoms with Gasteiger partial charge >= 0.3 is 0 Å². The number of aromatic nitrogens is 4. The van der Waals surface area contributed by atoms with Crippen LogP contribution >= 0.6 is 34.3 Å². The standard InChI is InChI=1S/C11H10ClN5O2S3/c12-7-3-4-9(20-7)22(18,19)13-5-8-16-17-10(6-1-2-6)14-15-11(17)21-8/h3-4,6,13H,1-2,5H2. The second-order valence-corrected chi connectivity index (χ2v) is 9.66. The monoisotopic (exact) mass is 375 g/mol. The fraction of sp³-hybridized carbons (Fsp3) is 0.364. The van der Waals surface area contributed by atoms with Crippen LogP contribution in [0.1, 0.15) is 29.6 Å². The fourth-order valence-electron chi connectivity index (χ4n) is 2.01. The zero-order chi connectivity index (χ0) is 15.3. The zero-order valence-electron chi connectivity index (χ0n) is 11.1. The van der Waals surface area contributed by atoms with Crippen LogP contribution in [0, 0.1) is 0 Å². The summed E-state index contributed by atoms with van der Waals surface area (Å²) in [6.07, 6.45) is 2.22. The molecule has 7 nitrogen and oxygen atoms in total. The Kier molecular flexibility index (Phi) is 3.46. The van der Waals surface area contributed by atoms with Gasteiger partial charge in [0.1, 0.15) is 9.22 Å². The highest BCUT2D eigenvalue weighted by Crippen LogP contribution is 2.39. The van der Waals surface area contributed by atoms with Crippen molar-refractivity contribution >= 4 is 49.3 Å². The summed E-state index contributed by atoms with van der Waals surface area (Å²) in [5, 5.41) is 13.3. The third-order valence-corrected chi connectivity index (χ3v) is 7.25. The average Bonchev–Trinajstić information content (AvgIpc) is 2.91. The summed E-state index contributed by atoms with van der Waals surface area (Å²) >= 11 is 8.13. The summed E-state index contributed by atoms with van der Waals surface area (Å²) in [7, 11) is -3.57. The van der Waals surface area contributed by atoms with Gasteiger partial charge in [-0.2, -0.15) is 9.61 Å². The molecule has 1 saturated carbocycles. The van der Waals surface area contributed by atoms with E-state index in [-0.39, 0.29) is 10.8 Å². The van der Waals surface area contributed by atoms with E-state index in [2.05, 4.69) is 20.0 Å². The highest BCUT2D eigenvalue weighted by Gasteiger charge is 2.30. The molecule has 0 spiro atoms. The van der Waals surface area contributed by atoms with Crippen LogP contribution in [0.25, 0.3) is 4.96 Å². The van der Waals surface area contributed by atoms with Crippen LogP contribution in [0.4, 0.5) is 0 Å². The van der Waals surface area contributed by atoms with Crippen LogP contribution < -0.4 is 4.72 Å². The molecule has 116 valence electrons. The fourth-order valence-corrected chi connectivity index (χ4v) is 5.40. The van der Waals surface area contributed by atoms with Gasteiger partial charge in [-0.15, -0.1) is 21.5 Å². The van der Waals surface area contributed by atoms with Gasteiger partial charge < -0.3 is 0 Å². The van der Waals surface area contributed by atoms with E-state index in [1.165, 1.54) is 17.4 Å². The molecule has 0 bridgehead atoms. The van der Waals surface area contributed by atoms with Crippen molar-refractivity contribution in [2.75, 3.05) is 0 Å². The first kappa shape index (κ1) is 14.5. The minimum absolute atomic E-state index is 0.121. The Labute approximate surface area is 139 Å². The van der Waals surface area contributed by atoms with Crippen LogP contribution in [0.5, 0.6) is 0 Å². The van der Waals surface area contributed by atoms with Gasteiger partial charge in [-0.05, 0) is 25.0 Å². The van der Waals surface area contributed by atoms with Crippen LogP contribution in [-0.2, 0) is 16.6 Å². The number of sulfonamides is 1. The molecule has 1 fully saturated rings. The Morgan fingerprint density at radius 3 is 2.82 bits per heavy atom. The van der Waals surface area contributed by atoms with E-state index >= 15 is 0 Å². The lowest BCUT2D eigenvalue weighted by Crippen LogP contribution is -2.22. The van der Waals surface area contributed by atoms with Crippen LogP contribution in [0.2, 0.25) is 4.34 Å². The van der Waals surface area contributed by atoms with Gasteiger partial charge in [0, 0.05) is 5.92 Å². The number of thiophene rings is 1. The SMILES string of the molecule is O=S(=O)(NCc1nn2c(C3CC3)nnc2s1)c1ccc(Cl)s1. The van der Waals surface area contributed by atoms with Crippen molar-refractivity contribution in [2.24, 2.45) is 0 Å². The van der Waals surface area contributed by atoms with E-state index in [9.17, 15) is 8.42 Å². The lowest BCUT2D eigenvalue weighted by molar-refractivity contribution is 0.582. The number of rotatable bonds is 5. The van der Waals surface area contributed by atoms with Gasteiger partial charge in [0.05, 0.1) is 10.9 Å². The second-order valence-electron chi connectivity index (χ2n) is 4.91.